The van der Waals surface area contributed by atoms with E-state index in [2.05, 4.69) is 12.6 Å². The summed E-state index contributed by atoms with van der Waals surface area (Å²) in [6.07, 6.45) is 0. The van der Waals surface area contributed by atoms with Crippen molar-refractivity contribution in [1.29, 1.82) is 0 Å². The van der Waals surface area contributed by atoms with Crippen LogP contribution < -0.4 is 0 Å². The molecule has 2 aromatic rings. The molecule has 0 radical (unpaired) electrons. The fraction of sp³-hybridized carbons (Fsp3) is 0.133. The Labute approximate surface area is 118 Å². The summed E-state index contributed by atoms with van der Waals surface area (Å²) in [4.78, 5) is 17.9. The second-order valence-corrected chi connectivity index (χ2v) is 4.74. The zero-order valence-electron chi connectivity index (χ0n) is 10.8. The Kier molecular flexibility index (Phi) is 4.24. The lowest BCUT2D eigenvalue weighted by Gasteiger charge is -2.14. The predicted molar refractivity (Wildman–Crippen MR) is 78.2 cm³/mol. The van der Waals surface area contributed by atoms with E-state index in [1.165, 1.54) is 5.06 Å². The van der Waals surface area contributed by atoms with Crippen molar-refractivity contribution in [2.45, 2.75) is 4.90 Å². The fourth-order valence-electron chi connectivity index (χ4n) is 1.82. The quantitative estimate of drug-likeness (QED) is 0.687. The van der Waals surface area contributed by atoms with Crippen LogP contribution in [0.2, 0.25) is 0 Å². The number of hydroxylamine groups is 2. The smallest absolute Gasteiger partial charge is 0.358 e. The molecule has 0 N–H and O–H groups in total. The lowest BCUT2D eigenvalue weighted by Crippen LogP contribution is -2.19. The molecule has 0 aliphatic carbocycles. The molecule has 0 aromatic heterocycles. The maximum absolute atomic E-state index is 12.2. The summed E-state index contributed by atoms with van der Waals surface area (Å²) in [5.74, 6) is -0.408. The predicted octanol–water partition coefficient (Wildman–Crippen LogP) is 3.28. The number of carbonyl (C=O) groups is 1. The van der Waals surface area contributed by atoms with E-state index in [4.69, 9.17) is 4.84 Å². The van der Waals surface area contributed by atoms with Crippen LogP contribution >= 0.6 is 12.6 Å². The second kappa shape index (κ2) is 5.91. The van der Waals surface area contributed by atoms with E-state index in [-0.39, 0.29) is 0 Å². The van der Waals surface area contributed by atoms with Crippen LogP contribution in [0.1, 0.15) is 10.4 Å². The first kappa shape index (κ1) is 13.6. The van der Waals surface area contributed by atoms with Crippen molar-refractivity contribution in [2.75, 3.05) is 14.1 Å². The van der Waals surface area contributed by atoms with Gasteiger partial charge in [-0.2, -0.15) is 0 Å². The number of nitrogens with zero attached hydrogens (tertiary/aromatic N) is 1. The van der Waals surface area contributed by atoms with Crippen molar-refractivity contribution in [2.24, 2.45) is 0 Å². The molecule has 2 aromatic carbocycles. The Hall–Kier alpha value is -1.78. The monoisotopic (exact) mass is 273 g/mol. The summed E-state index contributed by atoms with van der Waals surface area (Å²) >= 11 is 4.36. The van der Waals surface area contributed by atoms with Crippen molar-refractivity contribution in [3.8, 4) is 11.1 Å². The first-order chi connectivity index (χ1) is 9.09. The Morgan fingerprint density at radius 2 is 1.74 bits per heavy atom. The third kappa shape index (κ3) is 3.16. The first-order valence-electron chi connectivity index (χ1n) is 5.86. The molecule has 0 aliphatic rings. The van der Waals surface area contributed by atoms with Gasteiger partial charge in [0.25, 0.3) is 0 Å². The second-order valence-electron chi connectivity index (χ2n) is 4.26. The van der Waals surface area contributed by atoms with Crippen LogP contribution in [0.4, 0.5) is 0 Å². The molecular weight excluding hydrogens is 258 g/mol. The third-order valence-corrected chi connectivity index (χ3v) is 2.97. The molecule has 98 valence electrons. The van der Waals surface area contributed by atoms with Gasteiger partial charge in [-0.1, -0.05) is 42.5 Å². The van der Waals surface area contributed by atoms with Crippen LogP contribution in [0.3, 0.4) is 0 Å². The summed E-state index contributed by atoms with van der Waals surface area (Å²) in [6.45, 7) is 0. The number of benzene rings is 2. The van der Waals surface area contributed by atoms with Gasteiger partial charge in [0.05, 0.1) is 5.56 Å². The Balaban J connectivity index is 2.51. The van der Waals surface area contributed by atoms with Gasteiger partial charge >= 0.3 is 5.97 Å². The van der Waals surface area contributed by atoms with Crippen molar-refractivity contribution in [1.82, 2.24) is 5.06 Å². The highest BCUT2D eigenvalue weighted by Gasteiger charge is 2.18. The molecule has 0 heterocycles. The van der Waals surface area contributed by atoms with Gasteiger partial charge in [-0.25, -0.2) is 4.79 Å². The summed E-state index contributed by atoms with van der Waals surface area (Å²) in [5, 5.41) is 1.37. The Morgan fingerprint density at radius 3 is 2.37 bits per heavy atom. The van der Waals surface area contributed by atoms with E-state index in [0.717, 1.165) is 11.1 Å². The highest BCUT2D eigenvalue weighted by atomic mass is 32.1. The molecule has 19 heavy (non-hydrogen) atoms. The zero-order valence-corrected chi connectivity index (χ0v) is 11.7. The molecule has 0 saturated carbocycles. The lowest BCUT2D eigenvalue weighted by atomic mass is 10.00. The fourth-order valence-corrected chi connectivity index (χ4v) is 2.12. The topological polar surface area (TPSA) is 29.5 Å². The molecule has 3 nitrogen and oxygen atoms in total. The summed E-state index contributed by atoms with van der Waals surface area (Å²) in [5.41, 5.74) is 2.26. The van der Waals surface area contributed by atoms with Gasteiger partial charge < -0.3 is 4.84 Å². The average molecular weight is 273 g/mol. The van der Waals surface area contributed by atoms with Gasteiger partial charge in [-0.3, -0.25) is 0 Å². The number of hydrogen-bond acceptors (Lipinski definition) is 4. The molecule has 0 saturated heterocycles. The highest BCUT2D eigenvalue weighted by Crippen LogP contribution is 2.28. The van der Waals surface area contributed by atoms with E-state index in [1.54, 1.807) is 20.2 Å². The SMILES string of the molecule is CN(C)OC(=O)c1c(S)cccc1-c1ccccc1. The largest absolute Gasteiger partial charge is 0.364 e. The molecule has 0 atom stereocenters. The Morgan fingerprint density at radius 1 is 1.05 bits per heavy atom. The van der Waals surface area contributed by atoms with Crippen LogP contribution in [0.5, 0.6) is 0 Å². The minimum absolute atomic E-state index is 0.408. The van der Waals surface area contributed by atoms with E-state index >= 15 is 0 Å². The van der Waals surface area contributed by atoms with Gasteiger partial charge in [-0.15, -0.1) is 17.7 Å². The van der Waals surface area contributed by atoms with Crippen LogP contribution in [-0.2, 0) is 4.84 Å². The maximum Gasteiger partial charge on any atom is 0.358 e. The standard InChI is InChI=1S/C15H15NO2S/c1-16(2)18-15(17)14-12(9-6-10-13(14)19)11-7-4-3-5-8-11/h3-10,19H,1-2H3. The van der Waals surface area contributed by atoms with Crippen LogP contribution in [0.25, 0.3) is 11.1 Å². The Bertz CT molecular complexity index is 582. The van der Waals surface area contributed by atoms with Crippen molar-refractivity contribution in [3.05, 3.63) is 54.1 Å². The van der Waals surface area contributed by atoms with Crippen LogP contribution in [0, 0.1) is 0 Å². The number of rotatable bonds is 3. The average Bonchev–Trinajstić information content (AvgIpc) is 2.38. The van der Waals surface area contributed by atoms with Gasteiger partial charge in [0.2, 0.25) is 0 Å². The molecule has 0 unspecified atom stereocenters. The maximum atomic E-state index is 12.2. The molecule has 0 fully saturated rings. The molecule has 0 amide bonds. The number of thiol groups is 1. The minimum Gasteiger partial charge on any atom is -0.364 e. The molecular formula is C15H15NO2S. The normalized spacial score (nSPS) is 10.5. The highest BCUT2D eigenvalue weighted by molar-refractivity contribution is 7.80. The van der Waals surface area contributed by atoms with E-state index in [1.807, 2.05) is 42.5 Å². The molecule has 0 spiro atoms. The number of hydrogen-bond donors (Lipinski definition) is 1. The van der Waals surface area contributed by atoms with Crippen LogP contribution in [0.15, 0.2) is 53.4 Å². The first-order valence-corrected chi connectivity index (χ1v) is 6.31. The van der Waals surface area contributed by atoms with Gasteiger partial charge in [0.1, 0.15) is 0 Å². The third-order valence-electron chi connectivity index (χ3n) is 2.60. The van der Waals surface area contributed by atoms with Crippen LogP contribution in [-0.4, -0.2) is 25.1 Å². The summed E-state index contributed by atoms with van der Waals surface area (Å²) in [7, 11) is 3.34. The van der Waals surface area contributed by atoms with Gasteiger partial charge in [0.15, 0.2) is 0 Å². The van der Waals surface area contributed by atoms with Crippen molar-refractivity contribution >= 4 is 18.6 Å². The summed E-state index contributed by atoms with van der Waals surface area (Å²) < 4.78 is 0. The van der Waals surface area contributed by atoms with E-state index in [9.17, 15) is 4.79 Å². The zero-order chi connectivity index (χ0) is 13.8. The summed E-state index contributed by atoms with van der Waals surface area (Å²) in [6, 6.07) is 15.2. The lowest BCUT2D eigenvalue weighted by molar-refractivity contribution is -0.0715. The van der Waals surface area contributed by atoms with Gasteiger partial charge in [-0.05, 0) is 17.2 Å². The molecule has 4 heteroatoms. The molecule has 0 bridgehead atoms. The van der Waals surface area contributed by atoms with Crippen molar-refractivity contribution < 1.29 is 9.63 Å². The number of carbonyl (C=O) groups excluding carboxylic acids is 1. The molecule has 2 rings (SSSR count). The van der Waals surface area contributed by atoms with Crippen molar-refractivity contribution in [3.63, 3.8) is 0 Å². The molecule has 0 aliphatic heterocycles. The van der Waals surface area contributed by atoms with E-state index < -0.39 is 5.97 Å². The minimum atomic E-state index is -0.408. The van der Waals surface area contributed by atoms with Gasteiger partial charge in [0, 0.05) is 19.0 Å². The van der Waals surface area contributed by atoms with E-state index in [0.29, 0.717) is 10.5 Å².